The van der Waals surface area contributed by atoms with Gasteiger partial charge in [-0.05, 0) is 42.0 Å². The number of aromatic nitrogens is 2. The standard InChI is InChI=1S/C26H25N3O3S/c30-26(27-20-9-4-10-21(15-20)32-18-22-11-5-13-31-22)23-17-29(16-19-7-2-1-3-8-19)28-25(23)24-12-6-14-33-24/h1-4,6-10,12,14-15,17,22H,5,11,13,16,18H2,(H,27,30). The molecule has 4 aromatic rings. The molecule has 1 unspecified atom stereocenters. The SMILES string of the molecule is O=C(Nc1cccc(OCC2CCCO2)c1)c1cn(Cc2ccccc2)nc1-c1cccs1. The van der Waals surface area contributed by atoms with Gasteiger partial charge in [-0.25, -0.2) is 0 Å². The van der Waals surface area contributed by atoms with E-state index < -0.39 is 0 Å². The Bertz CT molecular complexity index is 1200. The van der Waals surface area contributed by atoms with Gasteiger partial charge in [-0.3, -0.25) is 9.48 Å². The highest BCUT2D eigenvalue weighted by atomic mass is 32.1. The summed E-state index contributed by atoms with van der Waals surface area (Å²) in [6.45, 7) is 1.92. The largest absolute Gasteiger partial charge is 0.491 e. The quantitative estimate of drug-likeness (QED) is 0.379. The summed E-state index contributed by atoms with van der Waals surface area (Å²) in [5, 5.41) is 9.72. The first-order chi connectivity index (χ1) is 16.2. The summed E-state index contributed by atoms with van der Waals surface area (Å²) in [6.07, 6.45) is 4.06. The lowest BCUT2D eigenvalue weighted by atomic mass is 10.2. The van der Waals surface area contributed by atoms with E-state index in [4.69, 9.17) is 14.6 Å². The van der Waals surface area contributed by atoms with Crippen LogP contribution in [0.25, 0.3) is 10.6 Å². The molecule has 0 radical (unpaired) electrons. The second kappa shape index (κ2) is 10.0. The van der Waals surface area contributed by atoms with Gasteiger partial charge >= 0.3 is 0 Å². The van der Waals surface area contributed by atoms with Crippen LogP contribution < -0.4 is 10.1 Å². The zero-order chi connectivity index (χ0) is 22.5. The minimum absolute atomic E-state index is 0.145. The van der Waals surface area contributed by atoms with Gasteiger partial charge in [0.1, 0.15) is 18.1 Å². The molecule has 33 heavy (non-hydrogen) atoms. The zero-order valence-corrected chi connectivity index (χ0v) is 19.0. The minimum Gasteiger partial charge on any atom is -0.491 e. The molecular formula is C26H25N3O3S. The highest BCUT2D eigenvalue weighted by Gasteiger charge is 2.20. The van der Waals surface area contributed by atoms with Crippen LogP contribution >= 0.6 is 11.3 Å². The van der Waals surface area contributed by atoms with Crippen LogP contribution in [0.1, 0.15) is 28.8 Å². The third kappa shape index (κ3) is 5.32. The zero-order valence-electron chi connectivity index (χ0n) is 18.1. The number of carbonyl (C=O) groups is 1. The van der Waals surface area contributed by atoms with Crippen LogP contribution in [0.3, 0.4) is 0 Å². The third-order valence-corrected chi connectivity index (χ3v) is 6.38. The van der Waals surface area contributed by atoms with Gasteiger partial charge in [0, 0.05) is 24.6 Å². The normalized spacial score (nSPS) is 15.5. The van der Waals surface area contributed by atoms with Crippen LogP contribution in [0.2, 0.25) is 0 Å². The summed E-state index contributed by atoms with van der Waals surface area (Å²) in [4.78, 5) is 14.2. The maximum Gasteiger partial charge on any atom is 0.259 e. The Morgan fingerprint density at radius 1 is 1.15 bits per heavy atom. The van der Waals surface area contributed by atoms with Gasteiger partial charge < -0.3 is 14.8 Å². The number of rotatable bonds is 8. The Kier molecular flexibility index (Phi) is 6.51. The van der Waals surface area contributed by atoms with Crippen molar-refractivity contribution in [3.63, 3.8) is 0 Å². The topological polar surface area (TPSA) is 65.4 Å². The molecule has 0 bridgehead atoms. The molecule has 168 valence electrons. The molecule has 6 nitrogen and oxygen atoms in total. The summed E-state index contributed by atoms with van der Waals surface area (Å²) in [6, 6.07) is 21.5. The summed E-state index contributed by atoms with van der Waals surface area (Å²) in [7, 11) is 0. The van der Waals surface area contributed by atoms with E-state index >= 15 is 0 Å². The van der Waals surface area contributed by atoms with Gasteiger partial charge in [-0.1, -0.05) is 42.5 Å². The molecule has 1 aliphatic heterocycles. The number of nitrogens with one attached hydrogen (secondary N) is 1. The first kappa shape index (κ1) is 21.4. The second-order valence-corrected chi connectivity index (χ2v) is 8.93. The predicted molar refractivity (Wildman–Crippen MR) is 130 cm³/mol. The molecule has 1 N–H and O–H groups in total. The van der Waals surface area contributed by atoms with Crippen LogP contribution in [0.5, 0.6) is 5.75 Å². The fourth-order valence-electron chi connectivity index (χ4n) is 3.86. The molecule has 5 rings (SSSR count). The van der Waals surface area contributed by atoms with Gasteiger partial charge in [0.05, 0.1) is 23.1 Å². The molecule has 2 aromatic carbocycles. The van der Waals surface area contributed by atoms with Crippen molar-refractivity contribution in [3.8, 4) is 16.3 Å². The maximum atomic E-state index is 13.3. The summed E-state index contributed by atoms with van der Waals surface area (Å²) >= 11 is 1.57. The lowest BCUT2D eigenvalue weighted by molar-refractivity contribution is 0.0680. The first-order valence-electron chi connectivity index (χ1n) is 11.1. The van der Waals surface area contributed by atoms with Gasteiger partial charge in [-0.2, -0.15) is 5.10 Å². The monoisotopic (exact) mass is 459 g/mol. The van der Waals surface area contributed by atoms with Crippen molar-refractivity contribution in [1.82, 2.24) is 9.78 Å². The van der Waals surface area contributed by atoms with Gasteiger partial charge in [0.25, 0.3) is 5.91 Å². The highest BCUT2D eigenvalue weighted by Crippen LogP contribution is 2.28. The number of benzene rings is 2. The third-order valence-electron chi connectivity index (χ3n) is 5.50. The molecule has 1 saturated heterocycles. The van der Waals surface area contributed by atoms with Crippen molar-refractivity contribution >= 4 is 22.9 Å². The number of amides is 1. The van der Waals surface area contributed by atoms with Crippen LogP contribution in [0, 0.1) is 0 Å². The molecule has 1 aliphatic rings. The second-order valence-electron chi connectivity index (χ2n) is 7.98. The Labute approximate surface area is 196 Å². The Hall–Kier alpha value is -3.42. The Balaban J connectivity index is 1.33. The molecular weight excluding hydrogens is 434 g/mol. The number of nitrogens with zero attached hydrogens (tertiary/aromatic N) is 2. The molecule has 0 spiro atoms. The maximum absolute atomic E-state index is 13.3. The average Bonchev–Trinajstić information content (AvgIpc) is 3.60. The van der Waals surface area contributed by atoms with Crippen molar-refractivity contribution < 1.29 is 14.3 Å². The van der Waals surface area contributed by atoms with Crippen molar-refractivity contribution in [2.75, 3.05) is 18.5 Å². The Morgan fingerprint density at radius 3 is 2.85 bits per heavy atom. The van der Waals surface area contributed by atoms with Gasteiger partial charge in [0.2, 0.25) is 0 Å². The summed E-state index contributed by atoms with van der Waals surface area (Å²) < 4.78 is 13.3. The number of anilines is 1. The smallest absolute Gasteiger partial charge is 0.259 e. The van der Waals surface area contributed by atoms with Gasteiger partial charge in [0.15, 0.2) is 0 Å². The summed E-state index contributed by atoms with van der Waals surface area (Å²) in [5.41, 5.74) is 3.03. The molecule has 0 saturated carbocycles. The highest BCUT2D eigenvalue weighted by molar-refractivity contribution is 7.13. The number of thiophene rings is 1. The van der Waals surface area contributed by atoms with E-state index in [2.05, 4.69) is 5.32 Å². The van der Waals surface area contributed by atoms with Crippen LogP contribution in [0.15, 0.2) is 78.3 Å². The number of hydrogen-bond donors (Lipinski definition) is 1. The van der Waals surface area contributed by atoms with Crippen molar-refractivity contribution in [3.05, 3.63) is 89.4 Å². The first-order valence-corrected chi connectivity index (χ1v) is 11.9. The molecule has 7 heteroatoms. The fourth-order valence-corrected chi connectivity index (χ4v) is 4.58. The minimum atomic E-state index is -0.200. The van der Waals surface area contributed by atoms with Crippen LogP contribution in [0.4, 0.5) is 5.69 Å². The number of hydrogen-bond acceptors (Lipinski definition) is 5. The lowest BCUT2D eigenvalue weighted by Crippen LogP contribution is -2.16. The Morgan fingerprint density at radius 2 is 2.06 bits per heavy atom. The van der Waals surface area contributed by atoms with Crippen molar-refractivity contribution in [1.29, 1.82) is 0 Å². The number of ether oxygens (including phenoxy) is 2. The van der Waals surface area contributed by atoms with E-state index in [1.165, 1.54) is 0 Å². The molecule has 3 heterocycles. The molecule has 1 fully saturated rings. The van der Waals surface area contributed by atoms with E-state index in [1.807, 2.05) is 83.0 Å². The predicted octanol–water partition coefficient (Wildman–Crippen LogP) is 5.47. The molecule has 1 amide bonds. The number of carbonyl (C=O) groups excluding carboxylic acids is 1. The summed E-state index contributed by atoms with van der Waals surface area (Å²) in [5.74, 6) is 0.510. The van der Waals surface area contributed by atoms with Gasteiger partial charge in [-0.15, -0.1) is 11.3 Å². The van der Waals surface area contributed by atoms with E-state index in [0.717, 1.165) is 29.9 Å². The van der Waals surface area contributed by atoms with Crippen LogP contribution in [-0.4, -0.2) is 35.0 Å². The van der Waals surface area contributed by atoms with E-state index in [0.29, 0.717) is 35.8 Å². The molecule has 2 aromatic heterocycles. The molecule has 0 aliphatic carbocycles. The van der Waals surface area contributed by atoms with E-state index in [-0.39, 0.29) is 12.0 Å². The van der Waals surface area contributed by atoms with E-state index in [1.54, 1.807) is 11.3 Å². The van der Waals surface area contributed by atoms with Crippen LogP contribution in [-0.2, 0) is 11.3 Å². The molecule has 1 atom stereocenters. The lowest BCUT2D eigenvalue weighted by Gasteiger charge is -2.12. The fraction of sp³-hybridized carbons (Fsp3) is 0.231. The average molecular weight is 460 g/mol. The van der Waals surface area contributed by atoms with Crippen molar-refractivity contribution in [2.45, 2.75) is 25.5 Å². The van der Waals surface area contributed by atoms with Crippen molar-refractivity contribution in [2.24, 2.45) is 0 Å². The van der Waals surface area contributed by atoms with E-state index in [9.17, 15) is 4.79 Å².